The molecular weight excluding hydrogens is 1600 g/mol. The van der Waals surface area contributed by atoms with E-state index < -0.39 is 23.6 Å². The molecule has 24 N–H and O–H groups in total. The largest absolute Gasteiger partial charge is 0.383 e. The van der Waals surface area contributed by atoms with Gasteiger partial charge in [-0.2, -0.15) is 19.9 Å². The first-order valence-electron chi connectivity index (χ1n) is 36.9. The number of fused-ring (bicyclic) bond motifs is 4. The molecule has 16 rings (SSSR count). The van der Waals surface area contributed by atoms with E-state index >= 15 is 0 Å². The summed E-state index contributed by atoms with van der Waals surface area (Å²) in [6.07, 6.45) is 13.7. The third-order valence-electron chi connectivity index (χ3n) is 24.4. The van der Waals surface area contributed by atoms with Gasteiger partial charge in [-0.3, -0.25) is 19.2 Å². The van der Waals surface area contributed by atoms with Crippen LogP contribution in [-0.4, -0.2) is 142 Å². The van der Waals surface area contributed by atoms with E-state index in [-0.39, 0.29) is 87.8 Å². The third-order valence-corrected chi connectivity index (χ3v) is 27.7. The number of nitrogens with two attached hydrogens (primary N) is 12. The van der Waals surface area contributed by atoms with E-state index in [0.717, 1.165) is 104 Å². The molecule has 4 amide bonds. The second-order valence-corrected chi connectivity index (χ2v) is 33.7. The zero-order chi connectivity index (χ0) is 80.2. The lowest BCUT2D eigenvalue weighted by atomic mass is 9.81. The number of nitrogens with zero attached hydrogens (tertiary/aromatic N) is 12. The maximum Gasteiger partial charge on any atom is 0.268 e. The van der Waals surface area contributed by atoms with Crippen LogP contribution in [0.3, 0.4) is 0 Å². The average molecular weight is 1690 g/mol. The van der Waals surface area contributed by atoms with Crippen molar-refractivity contribution < 1.29 is 19.2 Å². The maximum atomic E-state index is 12.2. The molecule has 8 aliphatic rings. The van der Waals surface area contributed by atoms with Crippen molar-refractivity contribution in [2.45, 2.75) is 77.0 Å². The first-order chi connectivity index (χ1) is 53.4. The predicted molar refractivity (Wildman–Crippen MR) is 446 cm³/mol. The first kappa shape index (κ1) is 81.6. The van der Waals surface area contributed by atoms with E-state index in [1.165, 1.54) is 25.7 Å². The van der Waals surface area contributed by atoms with Crippen LogP contribution in [0.25, 0.3) is 44.5 Å². The van der Waals surface area contributed by atoms with Crippen LogP contribution < -0.4 is 88.4 Å². The summed E-state index contributed by atoms with van der Waals surface area (Å²) in [6.45, 7) is 8.71. The van der Waals surface area contributed by atoms with Crippen LogP contribution in [0.15, 0.2) is 72.8 Å². The minimum Gasteiger partial charge on any atom is -0.383 e. The second-order valence-electron chi connectivity index (χ2n) is 30.5. The second kappa shape index (κ2) is 32.9. The Balaban J connectivity index is 0.000000131. The minimum atomic E-state index is -0.700. The number of carbonyl (C=O) groups excluding carboxylic acids is 4. The van der Waals surface area contributed by atoms with Crippen LogP contribution in [0.2, 0.25) is 40.2 Å². The van der Waals surface area contributed by atoms with E-state index in [4.69, 9.17) is 162 Å². The highest BCUT2D eigenvalue weighted by Crippen LogP contribution is 2.54. The first-order valence-corrected chi connectivity index (χ1v) is 39.9. The number of amides is 4. The number of halogens is 8. The molecule has 8 aromatic rings. The normalized spacial score (nSPS) is 23.8. The highest BCUT2D eigenvalue weighted by atomic mass is 35.5. The van der Waals surface area contributed by atoms with Crippen LogP contribution in [0.5, 0.6) is 0 Å². The summed E-state index contributed by atoms with van der Waals surface area (Å²) < 4.78 is 0. The maximum absolute atomic E-state index is 12.2. The number of benzene rings is 4. The van der Waals surface area contributed by atoms with Crippen LogP contribution in [-0.2, 0) is 0 Å². The van der Waals surface area contributed by atoms with Crippen molar-refractivity contribution in [2.75, 3.05) is 121 Å². The lowest BCUT2D eigenvalue weighted by molar-refractivity contribution is 0.0988. The molecule has 0 spiro atoms. The van der Waals surface area contributed by atoms with Crippen molar-refractivity contribution in [1.82, 2.24) is 39.9 Å². The van der Waals surface area contributed by atoms with Gasteiger partial charge in [0.1, 0.15) is 46.0 Å². The Hall–Kier alpha value is -8.36. The number of rotatable bonds is 16. The number of aromatic nitrogens is 8. The molecule has 36 heteroatoms. The van der Waals surface area contributed by atoms with Gasteiger partial charge in [-0.15, -0.1) is 0 Å². The number of primary amides is 4. The fourth-order valence-corrected chi connectivity index (χ4v) is 20.2. The van der Waals surface area contributed by atoms with E-state index in [9.17, 15) is 19.2 Å². The van der Waals surface area contributed by atoms with Gasteiger partial charge < -0.3 is 88.4 Å². The lowest BCUT2D eigenvalue weighted by Gasteiger charge is -2.26. The summed E-state index contributed by atoms with van der Waals surface area (Å²) >= 11 is 49.8. The quantitative estimate of drug-likeness (QED) is 0.0427. The van der Waals surface area contributed by atoms with Gasteiger partial charge in [0.05, 0.1) is 62.4 Å². The lowest BCUT2D eigenvalue weighted by Crippen LogP contribution is -2.35. The Morgan fingerprint density at radius 1 is 0.330 bits per heavy atom. The van der Waals surface area contributed by atoms with E-state index in [0.29, 0.717) is 138 Å². The van der Waals surface area contributed by atoms with Gasteiger partial charge in [0.15, 0.2) is 0 Å². The summed E-state index contributed by atoms with van der Waals surface area (Å²) in [5.74, 6) is 1.36. The molecule has 8 heterocycles. The molecule has 28 nitrogen and oxygen atoms in total. The molecule has 4 saturated carbocycles. The van der Waals surface area contributed by atoms with Gasteiger partial charge in [-0.05, 0) is 125 Å². The Morgan fingerprint density at radius 3 is 0.696 bits per heavy atom. The average Bonchev–Trinajstić information content (AvgIpc) is 1.50. The third kappa shape index (κ3) is 15.3. The zero-order valence-electron chi connectivity index (χ0n) is 61.2. The topological polar surface area (TPSA) is 497 Å². The number of hydrogen-bond acceptors (Lipinski definition) is 24. The van der Waals surface area contributed by atoms with E-state index in [2.05, 4.69) is 59.5 Å². The van der Waals surface area contributed by atoms with Crippen molar-refractivity contribution in [3.63, 3.8) is 0 Å². The Labute approximate surface area is 687 Å². The molecular formula is C76H88Cl8N24O4. The fraction of sp³-hybridized carbons (Fsp3) is 0.421. The molecule has 592 valence electrons. The van der Waals surface area contributed by atoms with Crippen molar-refractivity contribution >= 4 is 164 Å². The van der Waals surface area contributed by atoms with Crippen molar-refractivity contribution in [1.29, 1.82) is 0 Å². The summed E-state index contributed by atoms with van der Waals surface area (Å²) in [6, 6.07) is 20.3. The Morgan fingerprint density at radius 2 is 0.527 bits per heavy atom. The van der Waals surface area contributed by atoms with Gasteiger partial charge in [-0.1, -0.05) is 167 Å². The highest BCUT2D eigenvalue weighted by Gasteiger charge is 2.53. The summed E-state index contributed by atoms with van der Waals surface area (Å²) in [5.41, 5.74) is 75.4. The van der Waals surface area contributed by atoms with Gasteiger partial charge in [-0.25, -0.2) is 19.9 Å². The highest BCUT2D eigenvalue weighted by molar-refractivity contribution is 6.46. The van der Waals surface area contributed by atoms with Gasteiger partial charge >= 0.3 is 0 Å². The number of nitrogen functional groups attached to an aromatic ring is 4. The van der Waals surface area contributed by atoms with Crippen molar-refractivity contribution in [3.8, 4) is 44.5 Å². The van der Waals surface area contributed by atoms with Crippen molar-refractivity contribution in [3.05, 3.63) is 136 Å². The van der Waals surface area contributed by atoms with Crippen LogP contribution in [0.1, 0.15) is 119 Å². The zero-order valence-corrected chi connectivity index (χ0v) is 67.2. The van der Waals surface area contributed by atoms with Crippen molar-refractivity contribution in [2.24, 2.45) is 91.2 Å². The molecule has 4 aliphatic heterocycles. The minimum absolute atomic E-state index is 0.0329. The monoisotopic (exact) mass is 1680 g/mol. The number of hydrogen-bond donors (Lipinski definition) is 12. The molecule has 4 aromatic carbocycles. The molecule has 0 bridgehead atoms. The summed E-state index contributed by atoms with van der Waals surface area (Å²) in [5, 5.41) is 2.45. The summed E-state index contributed by atoms with van der Waals surface area (Å²) in [7, 11) is 0. The van der Waals surface area contributed by atoms with Crippen LogP contribution >= 0.6 is 92.8 Å². The van der Waals surface area contributed by atoms with E-state index in [1.54, 1.807) is 72.8 Å². The van der Waals surface area contributed by atoms with Gasteiger partial charge in [0.2, 0.25) is 23.8 Å². The molecule has 4 saturated heterocycles. The molecule has 0 radical (unpaired) electrons. The number of carbonyl (C=O) groups is 4. The molecule has 112 heavy (non-hydrogen) atoms. The van der Waals surface area contributed by atoms with E-state index in [1.807, 2.05) is 0 Å². The predicted octanol–water partition coefficient (Wildman–Crippen LogP) is 10.8. The Kier molecular flexibility index (Phi) is 24.0. The smallest absolute Gasteiger partial charge is 0.268 e. The SMILES string of the molecule is NC[C@@]12CCC[C@@H]1CN(c1nc(N)c(-c3cccc(Cl)c3Cl)c(C(N)=O)n1)C2.NC[C@@]12CCC[C@@H]1CN(c1nc(N)c(-c3cccc(Cl)c3Cl)c(C(N)=O)n1)C2.NC[C@]12CCC[C@H]1CN(c1nc(N)c(-c3cccc(Cl)c3Cl)c(C(N)=O)n1)C2.NC[C@]12CCC[C@H]1CN(c1nc(N)c(-c3cccc(Cl)c3Cl)c(C(N)=O)n1)C2. The molecule has 8 atom stereocenters. The van der Waals surface area contributed by atoms with Crippen LogP contribution in [0.4, 0.5) is 47.1 Å². The van der Waals surface area contributed by atoms with Gasteiger partial charge in [0.25, 0.3) is 23.6 Å². The summed E-state index contributed by atoms with van der Waals surface area (Å²) in [4.78, 5) is 92.8. The standard InChI is InChI=1S/4C19H22Cl2N6O/c4*20-12-5-1-4-11(14(12)21)13-15(17(24)28)25-18(26-16(13)23)27-7-10-3-2-6-19(10,8-22)9-27/h4*1,4-5,10H,2-3,6-9,22H2,(H2,24,28)(H2,23,25,26)/t4*10-,19-/m1100/s1. The molecule has 4 aliphatic carbocycles. The van der Waals surface area contributed by atoms with Gasteiger partial charge in [0, 0.05) is 96.3 Å². The van der Waals surface area contributed by atoms with Crippen LogP contribution in [0, 0.1) is 45.3 Å². The molecule has 0 unspecified atom stereocenters. The molecule has 4 aromatic heterocycles. The fourth-order valence-electron chi connectivity index (χ4n) is 18.6. The Bertz CT molecular complexity index is 4420. The molecule has 8 fully saturated rings. The number of anilines is 8.